The molecule has 0 aromatic heterocycles. The number of rotatable bonds is 7. The molecule has 27 heavy (non-hydrogen) atoms. The molecule has 2 N–H and O–H groups in total. The maximum atomic E-state index is 12.3. The fourth-order valence-corrected chi connectivity index (χ4v) is 3.19. The van der Waals surface area contributed by atoms with Crippen LogP contribution in [-0.2, 0) is 13.0 Å². The Morgan fingerprint density at radius 2 is 1.89 bits per heavy atom. The van der Waals surface area contributed by atoms with E-state index in [-0.39, 0.29) is 36.6 Å². The van der Waals surface area contributed by atoms with Crippen molar-refractivity contribution in [2.45, 2.75) is 51.9 Å². The first-order valence-corrected chi connectivity index (χ1v) is 9.32. The summed E-state index contributed by atoms with van der Waals surface area (Å²) >= 11 is 0. The van der Waals surface area contributed by atoms with Gasteiger partial charge in [0.15, 0.2) is 5.96 Å². The first kappa shape index (κ1) is 24.0. The molecule has 1 aliphatic rings. The lowest BCUT2D eigenvalue weighted by Gasteiger charge is -2.34. The molecule has 0 bridgehead atoms. The summed E-state index contributed by atoms with van der Waals surface area (Å²) in [5.74, 6) is 0.451. The van der Waals surface area contributed by atoms with E-state index in [9.17, 15) is 13.2 Å². The molecule has 0 aliphatic carbocycles. The number of halogens is 4. The summed E-state index contributed by atoms with van der Waals surface area (Å²) in [6.07, 6.45) is -3.04. The maximum Gasteiger partial charge on any atom is 0.390 e. The molecular weight excluding hydrogens is 468 g/mol. The Bertz CT molecular complexity index is 593. The number of alkyl halides is 3. The van der Waals surface area contributed by atoms with Crippen molar-refractivity contribution in [3.05, 3.63) is 35.4 Å². The standard InChI is InChI=1S/C19H29F3N4.HI/c1-3-17(26-12-9-15-7-5-6-8-16(15)14-26)13-25-18(23-4-2)24-11-10-19(20,21)22;/h5-8,17H,3-4,9-14H2,1-2H3,(H2,23,24,25);1H. The lowest BCUT2D eigenvalue weighted by Crippen LogP contribution is -2.43. The molecular formula is C19H30F3IN4. The topological polar surface area (TPSA) is 39.7 Å². The van der Waals surface area contributed by atoms with Crippen molar-refractivity contribution in [2.24, 2.45) is 4.99 Å². The van der Waals surface area contributed by atoms with Crippen LogP contribution in [0.15, 0.2) is 29.3 Å². The van der Waals surface area contributed by atoms with E-state index in [1.165, 1.54) is 11.1 Å². The van der Waals surface area contributed by atoms with E-state index in [4.69, 9.17) is 0 Å². The van der Waals surface area contributed by atoms with Crippen LogP contribution in [0.4, 0.5) is 13.2 Å². The van der Waals surface area contributed by atoms with Crippen LogP contribution in [-0.4, -0.2) is 49.3 Å². The smallest absolute Gasteiger partial charge is 0.357 e. The Balaban J connectivity index is 0.00000364. The minimum atomic E-state index is -4.16. The average molecular weight is 498 g/mol. The number of benzene rings is 1. The summed E-state index contributed by atoms with van der Waals surface area (Å²) in [5, 5.41) is 5.80. The Hall–Kier alpha value is -1.03. The van der Waals surface area contributed by atoms with Crippen LogP contribution in [0.2, 0.25) is 0 Å². The Morgan fingerprint density at radius 1 is 1.19 bits per heavy atom. The highest BCUT2D eigenvalue weighted by molar-refractivity contribution is 14.0. The van der Waals surface area contributed by atoms with Gasteiger partial charge in [-0.3, -0.25) is 9.89 Å². The molecule has 4 nitrogen and oxygen atoms in total. The summed E-state index contributed by atoms with van der Waals surface area (Å²) in [5.41, 5.74) is 2.76. The van der Waals surface area contributed by atoms with Crippen molar-refractivity contribution in [1.29, 1.82) is 0 Å². The van der Waals surface area contributed by atoms with Gasteiger partial charge in [-0.15, -0.1) is 24.0 Å². The Labute approximate surface area is 177 Å². The fourth-order valence-electron chi connectivity index (χ4n) is 3.19. The van der Waals surface area contributed by atoms with Crippen LogP contribution >= 0.6 is 24.0 Å². The highest BCUT2D eigenvalue weighted by atomic mass is 127. The van der Waals surface area contributed by atoms with E-state index >= 15 is 0 Å². The van der Waals surface area contributed by atoms with Gasteiger partial charge in [0.05, 0.1) is 13.0 Å². The average Bonchev–Trinajstić information content (AvgIpc) is 2.61. The van der Waals surface area contributed by atoms with Crippen LogP contribution in [0.3, 0.4) is 0 Å². The molecule has 0 saturated heterocycles. The first-order valence-electron chi connectivity index (χ1n) is 9.32. The summed E-state index contributed by atoms with van der Waals surface area (Å²) in [4.78, 5) is 6.94. The molecule has 1 unspecified atom stereocenters. The molecule has 8 heteroatoms. The second-order valence-corrected chi connectivity index (χ2v) is 6.56. The third-order valence-corrected chi connectivity index (χ3v) is 4.65. The molecule has 2 rings (SSSR count). The van der Waals surface area contributed by atoms with Crippen LogP contribution in [0, 0.1) is 0 Å². The maximum absolute atomic E-state index is 12.3. The lowest BCUT2D eigenvalue weighted by atomic mass is 9.98. The fraction of sp³-hybridized carbons (Fsp3) is 0.632. The molecule has 0 saturated carbocycles. The van der Waals surface area contributed by atoms with E-state index in [2.05, 4.69) is 51.7 Å². The highest BCUT2D eigenvalue weighted by Crippen LogP contribution is 2.21. The lowest BCUT2D eigenvalue weighted by molar-refractivity contribution is -0.132. The summed E-state index contributed by atoms with van der Waals surface area (Å²) in [7, 11) is 0. The van der Waals surface area contributed by atoms with Crippen molar-refractivity contribution < 1.29 is 13.2 Å². The minimum absolute atomic E-state index is 0. The second kappa shape index (κ2) is 11.7. The van der Waals surface area contributed by atoms with Crippen molar-refractivity contribution in [1.82, 2.24) is 15.5 Å². The van der Waals surface area contributed by atoms with Crippen LogP contribution in [0.25, 0.3) is 0 Å². The minimum Gasteiger partial charge on any atom is -0.357 e. The van der Waals surface area contributed by atoms with Gasteiger partial charge in [0.2, 0.25) is 0 Å². The Morgan fingerprint density at radius 3 is 2.52 bits per heavy atom. The molecule has 1 aliphatic heterocycles. The molecule has 1 atom stereocenters. The van der Waals surface area contributed by atoms with E-state index in [1.54, 1.807) is 0 Å². The van der Waals surface area contributed by atoms with Crippen LogP contribution in [0.5, 0.6) is 0 Å². The van der Waals surface area contributed by atoms with Gasteiger partial charge in [0.25, 0.3) is 0 Å². The molecule has 0 amide bonds. The highest BCUT2D eigenvalue weighted by Gasteiger charge is 2.26. The first-order chi connectivity index (χ1) is 12.4. The van der Waals surface area contributed by atoms with E-state index in [0.29, 0.717) is 19.0 Å². The largest absolute Gasteiger partial charge is 0.390 e. The SMILES string of the molecule is CCNC(=NCC(CC)N1CCc2ccccc2C1)NCCC(F)(F)F.I. The third-order valence-electron chi connectivity index (χ3n) is 4.65. The van der Waals surface area contributed by atoms with E-state index in [0.717, 1.165) is 25.9 Å². The number of guanidine groups is 1. The molecule has 1 heterocycles. The third kappa shape index (κ3) is 8.25. The van der Waals surface area contributed by atoms with E-state index < -0.39 is 12.6 Å². The summed E-state index contributed by atoms with van der Waals surface area (Å²) < 4.78 is 37.0. The molecule has 0 radical (unpaired) electrons. The number of hydrogen-bond acceptors (Lipinski definition) is 2. The number of hydrogen-bond donors (Lipinski definition) is 2. The van der Waals surface area contributed by atoms with Gasteiger partial charge in [-0.1, -0.05) is 31.2 Å². The predicted molar refractivity (Wildman–Crippen MR) is 115 cm³/mol. The van der Waals surface area contributed by atoms with Gasteiger partial charge in [0.1, 0.15) is 0 Å². The zero-order valence-corrected chi connectivity index (χ0v) is 18.3. The quantitative estimate of drug-likeness (QED) is 0.340. The van der Waals surface area contributed by atoms with Crippen molar-refractivity contribution in [2.75, 3.05) is 26.2 Å². The number of aliphatic imine (C=N–C) groups is 1. The van der Waals surface area contributed by atoms with Gasteiger partial charge in [-0.2, -0.15) is 13.2 Å². The molecule has 1 aromatic rings. The van der Waals surface area contributed by atoms with E-state index in [1.807, 2.05) is 6.92 Å². The number of nitrogens with zero attached hydrogens (tertiary/aromatic N) is 2. The monoisotopic (exact) mass is 498 g/mol. The van der Waals surface area contributed by atoms with Crippen molar-refractivity contribution in [3.8, 4) is 0 Å². The Kier molecular flexibility index (Phi) is 10.4. The molecule has 154 valence electrons. The van der Waals surface area contributed by atoms with Gasteiger partial charge in [0, 0.05) is 32.2 Å². The van der Waals surface area contributed by atoms with Gasteiger partial charge >= 0.3 is 6.18 Å². The second-order valence-electron chi connectivity index (χ2n) is 6.56. The van der Waals surface area contributed by atoms with Crippen molar-refractivity contribution in [3.63, 3.8) is 0 Å². The number of nitrogens with one attached hydrogen (secondary N) is 2. The molecule has 0 spiro atoms. The van der Waals surface area contributed by atoms with Crippen molar-refractivity contribution >= 4 is 29.9 Å². The van der Waals surface area contributed by atoms with Crippen LogP contribution in [0.1, 0.15) is 37.8 Å². The molecule has 1 aromatic carbocycles. The zero-order valence-electron chi connectivity index (χ0n) is 16.0. The van der Waals surface area contributed by atoms with Gasteiger partial charge in [-0.25, -0.2) is 0 Å². The predicted octanol–water partition coefficient (Wildman–Crippen LogP) is 3.95. The number of fused-ring (bicyclic) bond motifs is 1. The van der Waals surface area contributed by atoms with Gasteiger partial charge < -0.3 is 10.6 Å². The normalized spacial score (nSPS) is 16.3. The summed E-state index contributed by atoms with van der Waals surface area (Å²) in [6, 6.07) is 8.77. The molecule has 0 fully saturated rings. The van der Waals surface area contributed by atoms with Crippen LogP contribution < -0.4 is 10.6 Å². The van der Waals surface area contributed by atoms with Gasteiger partial charge in [-0.05, 0) is 30.9 Å². The zero-order chi connectivity index (χ0) is 19.0. The summed E-state index contributed by atoms with van der Waals surface area (Å²) in [6.45, 7) is 6.95.